The van der Waals surface area contributed by atoms with E-state index in [0.717, 1.165) is 5.69 Å². The maximum Gasteiger partial charge on any atom is 0.267 e. The van der Waals surface area contributed by atoms with Crippen LogP contribution in [0.3, 0.4) is 0 Å². The number of para-hydroxylation sites is 2. The predicted octanol–water partition coefficient (Wildman–Crippen LogP) is 4.54. The molecule has 3 rings (SSSR count). The first-order valence-corrected chi connectivity index (χ1v) is 10.0. The molecule has 3 aromatic rings. The summed E-state index contributed by atoms with van der Waals surface area (Å²) in [6, 6.07) is 20.1. The lowest BCUT2D eigenvalue weighted by Gasteiger charge is -2.22. The number of thiocarbonyl (C=S) groups is 1. The minimum atomic E-state index is -0.282. The van der Waals surface area contributed by atoms with Gasteiger partial charge in [0, 0.05) is 12.2 Å². The zero-order valence-corrected chi connectivity index (χ0v) is 16.8. The highest BCUT2D eigenvalue weighted by atomic mass is 32.1. The number of carbonyl (C=O) groups excluding carboxylic acids is 2. The van der Waals surface area contributed by atoms with Gasteiger partial charge >= 0.3 is 0 Å². The van der Waals surface area contributed by atoms with Crippen LogP contribution < -0.4 is 15.5 Å². The molecule has 0 aliphatic heterocycles. The van der Waals surface area contributed by atoms with Crippen molar-refractivity contribution in [1.29, 1.82) is 0 Å². The lowest BCUT2D eigenvalue weighted by atomic mass is 10.1. The molecule has 142 valence electrons. The van der Waals surface area contributed by atoms with Gasteiger partial charge in [-0.3, -0.25) is 14.9 Å². The Balaban J connectivity index is 1.78. The molecular weight excluding hydrogens is 390 g/mol. The van der Waals surface area contributed by atoms with E-state index < -0.39 is 0 Å². The Labute approximate surface area is 173 Å². The van der Waals surface area contributed by atoms with Crippen LogP contribution in [0.5, 0.6) is 0 Å². The highest BCUT2D eigenvalue weighted by Gasteiger charge is 2.19. The van der Waals surface area contributed by atoms with E-state index in [4.69, 9.17) is 12.2 Å². The van der Waals surface area contributed by atoms with E-state index in [9.17, 15) is 9.59 Å². The molecule has 0 fully saturated rings. The van der Waals surface area contributed by atoms with Crippen LogP contribution in [-0.2, 0) is 0 Å². The first-order valence-electron chi connectivity index (χ1n) is 8.72. The van der Waals surface area contributed by atoms with Gasteiger partial charge < -0.3 is 10.2 Å². The van der Waals surface area contributed by atoms with Crippen LogP contribution in [0.25, 0.3) is 0 Å². The van der Waals surface area contributed by atoms with E-state index in [1.807, 2.05) is 48.7 Å². The summed E-state index contributed by atoms with van der Waals surface area (Å²) in [5.41, 5.74) is 1.83. The fourth-order valence-corrected chi connectivity index (χ4v) is 3.52. The largest absolute Gasteiger partial charge is 0.332 e. The second-order valence-corrected chi connectivity index (χ2v) is 7.17. The fourth-order valence-electron chi connectivity index (χ4n) is 2.70. The molecule has 0 saturated carbocycles. The summed E-state index contributed by atoms with van der Waals surface area (Å²) in [5.74, 6) is -0.431. The highest BCUT2D eigenvalue weighted by molar-refractivity contribution is 7.80. The van der Waals surface area contributed by atoms with Crippen LogP contribution in [0.15, 0.2) is 72.1 Å². The van der Waals surface area contributed by atoms with Gasteiger partial charge in [-0.25, -0.2) is 0 Å². The van der Waals surface area contributed by atoms with Crippen LogP contribution in [-0.4, -0.2) is 23.5 Å². The van der Waals surface area contributed by atoms with Crippen molar-refractivity contribution in [3.63, 3.8) is 0 Å². The van der Waals surface area contributed by atoms with Crippen molar-refractivity contribution in [2.45, 2.75) is 6.92 Å². The van der Waals surface area contributed by atoms with Crippen LogP contribution in [0, 0.1) is 0 Å². The number of nitrogens with one attached hydrogen (secondary N) is 2. The Morgan fingerprint density at radius 3 is 2.39 bits per heavy atom. The minimum absolute atomic E-state index is 0.140. The van der Waals surface area contributed by atoms with E-state index in [-0.39, 0.29) is 16.9 Å². The van der Waals surface area contributed by atoms with E-state index in [2.05, 4.69) is 10.6 Å². The summed E-state index contributed by atoms with van der Waals surface area (Å²) in [4.78, 5) is 27.6. The summed E-state index contributed by atoms with van der Waals surface area (Å²) in [7, 11) is 0. The van der Waals surface area contributed by atoms with Crippen LogP contribution in [0.4, 0.5) is 11.4 Å². The highest BCUT2D eigenvalue weighted by Crippen LogP contribution is 2.22. The number of benzene rings is 2. The molecule has 1 heterocycles. The van der Waals surface area contributed by atoms with Crippen molar-refractivity contribution in [2.24, 2.45) is 0 Å². The molecule has 2 N–H and O–H groups in total. The van der Waals surface area contributed by atoms with Crippen molar-refractivity contribution in [2.75, 3.05) is 16.8 Å². The second-order valence-electron chi connectivity index (χ2n) is 5.82. The molecule has 0 aliphatic rings. The molecule has 5 nitrogen and oxygen atoms in total. The van der Waals surface area contributed by atoms with E-state index in [1.165, 1.54) is 11.3 Å². The number of anilines is 2. The second kappa shape index (κ2) is 9.25. The van der Waals surface area contributed by atoms with Crippen molar-refractivity contribution < 1.29 is 9.59 Å². The van der Waals surface area contributed by atoms with Crippen molar-refractivity contribution in [3.8, 4) is 0 Å². The molecule has 1 aromatic heterocycles. The zero-order valence-electron chi connectivity index (χ0n) is 15.2. The Morgan fingerprint density at radius 2 is 1.71 bits per heavy atom. The third-order valence-electron chi connectivity index (χ3n) is 4.01. The van der Waals surface area contributed by atoms with Gasteiger partial charge in [0.15, 0.2) is 5.11 Å². The fraction of sp³-hybridized carbons (Fsp3) is 0.0952. The number of hydrogen-bond acceptors (Lipinski definition) is 4. The minimum Gasteiger partial charge on any atom is -0.332 e. The number of rotatable bonds is 5. The quantitative estimate of drug-likeness (QED) is 0.607. The molecular formula is C21H19N3O2S2. The van der Waals surface area contributed by atoms with Crippen molar-refractivity contribution in [1.82, 2.24) is 5.32 Å². The maximum absolute atomic E-state index is 13.1. The predicted molar refractivity (Wildman–Crippen MR) is 118 cm³/mol. The Kier molecular flexibility index (Phi) is 6.52. The summed E-state index contributed by atoms with van der Waals surface area (Å²) in [5, 5.41) is 7.57. The van der Waals surface area contributed by atoms with Gasteiger partial charge in [0.1, 0.15) is 0 Å². The number of thiophene rings is 1. The summed E-state index contributed by atoms with van der Waals surface area (Å²) in [6.45, 7) is 2.45. The lowest BCUT2D eigenvalue weighted by molar-refractivity contribution is 0.0977. The van der Waals surface area contributed by atoms with Crippen molar-refractivity contribution >= 4 is 51.9 Å². The number of carbonyl (C=O) groups is 2. The molecule has 2 amide bonds. The molecule has 0 radical (unpaired) electrons. The van der Waals surface area contributed by atoms with Crippen LogP contribution >= 0.6 is 23.6 Å². The lowest BCUT2D eigenvalue weighted by Crippen LogP contribution is -2.35. The number of amides is 2. The van der Waals surface area contributed by atoms with Gasteiger partial charge in [-0.05, 0) is 54.9 Å². The average molecular weight is 410 g/mol. The van der Waals surface area contributed by atoms with Gasteiger partial charge in [-0.15, -0.1) is 11.3 Å². The van der Waals surface area contributed by atoms with Gasteiger partial charge in [-0.1, -0.05) is 36.4 Å². The van der Waals surface area contributed by atoms with Gasteiger partial charge in [-0.2, -0.15) is 0 Å². The maximum atomic E-state index is 13.1. The Bertz CT molecular complexity index is 972. The molecule has 2 aromatic carbocycles. The van der Waals surface area contributed by atoms with Crippen LogP contribution in [0.2, 0.25) is 0 Å². The molecule has 0 bridgehead atoms. The molecule has 7 heteroatoms. The number of nitrogens with zero attached hydrogens (tertiary/aromatic N) is 1. The third kappa shape index (κ3) is 4.62. The van der Waals surface area contributed by atoms with E-state index in [1.54, 1.807) is 35.2 Å². The molecule has 0 atom stereocenters. The smallest absolute Gasteiger partial charge is 0.267 e. The van der Waals surface area contributed by atoms with E-state index >= 15 is 0 Å². The summed E-state index contributed by atoms with van der Waals surface area (Å²) < 4.78 is 0. The molecule has 0 unspecified atom stereocenters. The average Bonchev–Trinajstić information content (AvgIpc) is 3.25. The Hall–Kier alpha value is -3.03. The topological polar surface area (TPSA) is 61.4 Å². The first-order chi connectivity index (χ1) is 13.6. The number of hydrogen-bond donors (Lipinski definition) is 2. The molecule has 0 aliphatic carbocycles. The summed E-state index contributed by atoms with van der Waals surface area (Å²) >= 11 is 6.59. The van der Waals surface area contributed by atoms with Gasteiger partial charge in [0.25, 0.3) is 11.8 Å². The van der Waals surface area contributed by atoms with Gasteiger partial charge in [0.05, 0.1) is 16.1 Å². The van der Waals surface area contributed by atoms with E-state index in [0.29, 0.717) is 22.7 Å². The Morgan fingerprint density at radius 1 is 1.00 bits per heavy atom. The van der Waals surface area contributed by atoms with Crippen LogP contribution in [0.1, 0.15) is 27.0 Å². The molecule has 0 saturated heterocycles. The van der Waals surface area contributed by atoms with Gasteiger partial charge in [0.2, 0.25) is 0 Å². The normalized spacial score (nSPS) is 10.2. The zero-order chi connectivity index (χ0) is 19.9. The monoisotopic (exact) mass is 409 g/mol. The molecule has 0 spiro atoms. The van der Waals surface area contributed by atoms with Crippen molar-refractivity contribution in [3.05, 3.63) is 82.6 Å². The molecule has 28 heavy (non-hydrogen) atoms. The standard InChI is InChI=1S/C21H19N3O2S2/c1-2-24(15-9-4-3-5-10-15)20(26)16-11-6-7-12-17(16)22-21(27)23-19(25)18-13-8-14-28-18/h3-14H,2H2,1H3,(H2,22,23,25,27). The first kappa shape index (κ1) is 19.7. The third-order valence-corrected chi connectivity index (χ3v) is 5.08. The summed E-state index contributed by atoms with van der Waals surface area (Å²) in [6.07, 6.45) is 0. The SMILES string of the molecule is CCN(C(=O)c1ccccc1NC(=S)NC(=O)c1cccs1)c1ccccc1.